The normalized spacial score (nSPS) is 12.1. The summed E-state index contributed by atoms with van der Waals surface area (Å²) in [5.74, 6) is 0. The number of H-pyrrole nitrogens is 1. The third-order valence-corrected chi connectivity index (χ3v) is 4.83. The monoisotopic (exact) mass is 289 g/mol. The van der Waals surface area contributed by atoms with E-state index in [1.807, 2.05) is 12.1 Å². The van der Waals surface area contributed by atoms with Gasteiger partial charge in [0.15, 0.2) is 10.4 Å². The minimum Gasteiger partial charge on any atom is -0.329 e. The van der Waals surface area contributed by atoms with Crippen LogP contribution >= 0.6 is 23.6 Å². The zero-order valence-electron chi connectivity index (χ0n) is 10.9. The Morgan fingerprint density at radius 2 is 2.21 bits per heavy atom. The van der Waals surface area contributed by atoms with Crippen LogP contribution in [0.4, 0.5) is 0 Å². The van der Waals surface area contributed by atoms with E-state index in [9.17, 15) is 0 Å². The predicted octanol–water partition coefficient (Wildman–Crippen LogP) is 4.13. The van der Waals surface area contributed by atoms with Crippen LogP contribution in [0.5, 0.6) is 0 Å². The SMILES string of the molecule is CC(C)(Cn1c(=S)[nH]c2cccnc21)c1cccs1. The molecule has 0 atom stereocenters. The van der Waals surface area contributed by atoms with Gasteiger partial charge in [-0.25, -0.2) is 4.98 Å². The highest BCUT2D eigenvalue weighted by Crippen LogP contribution is 2.30. The van der Waals surface area contributed by atoms with Gasteiger partial charge >= 0.3 is 0 Å². The molecular weight excluding hydrogens is 274 g/mol. The summed E-state index contributed by atoms with van der Waals surface area (Å²) in [5, 5.41) is 2.11. The molecule has 19 heavy (non-hydrogen) atoms. The van der Waals surface area contributed by atoms with Crippen LogP contribution < -0.4 is 0 Å². The Balaban J connectivity index is 2.07. The van der Waals surface area contributed by atoms with Crippen molar-refractivity contribution in [2.45, 2.75) is 25.8 Å². The smallest absolute Gasteiger partial charge is 0.179 e. The Labute approximate surface area is 120 Å². The zero-order valence-corrected chi connectivity index (χ0v) is 12.5. The number of imidazole rings is 1. The van der Waals surface area contributed by atoms with Gasteiger partial charge in [0.25, 0.3) is 0 Å². The van der Waals surface area contributed by atoms with Crippen molar-refractivity contribution in [2.75, 3.05) is 0 Å². The molecule has 98 valence electrons. The van der Waals surface area contributed by atoms with Gasteiger partial charge in [-0.1, -0.05) is 19.9 Å². The van der Waals surface area contributed by atoms with Gasteiger partial charge in [0.2, 0.25) is 0 Å². The Hall–Kier alpha value is -1.46. The lowest BCUT2D eigenvalue weighted by atomic mass is 9.91. The Bertz CT molecular complexity index is 750. The molecule has 0 amide bonds. The average Bonchev–Trinajstić information content (AvgIpc) is 2.99. The summed E-state index contributed by atoms with van der Waals surface area (Å²) in [7, 11) is 0. The lowest BCUT2D eigenvalue weighted by molar-refractivity contribution is 0.445. The summed E-state index contributed by atoms with van der Waals surface area (Å²) in [5.41, 5.74) is 1.96. The fourth-order valence-electron chi connectivity index (χ4n) is 2.27. The maximum atomic E-state index is 5.42. The Morgan fingerprint density at radius 3 is 2.95 bits per heavy atom. The molecule has 3 rings (SSSR count). The third-order valence-electron chi connectivity index (χ3n) is 3.27. The van der Waals surface area contributed by atoms with Crippen LogP contribution in [0.2, 0.25) is 0 Å². The zero-order chi connectivity index (χ0) is 13.5. The van der Waals surface area contributed by atoms with E-state index >= 15 is 0 Å². The second kappa shape index (κ2) is 4.58. The van der Waals surface area contributed by atoms with Crippen LogP contribution in [0.1, 0.15) is 18.7 Å². The minimum atomic E-state index is 0.0407. The Morgan fingerprint density at radius 1 is 1.37 bits per heavy atom. The number of aromatic nitrogens is 3. The minimum absolute atomic E-state index is 0.0407. The molecule has 0 radical (unpaired) electrons. The lowest BCUT2D eigenvalue weighted by Crippen LogP contribution is -2.23. The molecule has 0 aliphatic rings. The molecule has 0 spiro atoms. The number of rotatable bonds is 3. The van der Waals surface area contributed by atoms with E-state index in [-0.39, 0.29) is 5.41 Å². The fraction of sp³-hybridized carbons (Fsp3) is 0.286. The summed E-state index contributed by atoms with van der Waals surface area (Å²) >= 11 is 7.21. The molecule has 0 fully saturated rings. The number of thiophene rings is 1. The fourth-order valence-corrected chi connectivity index (χ4v) is 3.38. The molecule has 3 nitrogen and oxygen atoms in total. The topological polar surface area (TPSA) is 33.6 Å². The molecule has 5 heteroatoms. The number of hydrogen-bond acceptors (Lipinski definition) is 3. The predicted molar refractivity (Wildman–Crippen MR) is 82.3 cm³/mol. The number of nitrogens with one attached hydrogen (secondary N) is 1. The largest absolute Gasteiger partial charge is 0.329 e. The van der Waals surface area contributed by atoms with E-state index in [1.165, 1.54) is 4.88 Å². The maximum absolute atomic E-state index is 5.42. The highest BCUT2D eigenvalue weighted by atomic mass is 32.1. The van der Waals surface area contributed by atoms with Crippen molar-refractivity contribution < 1.29 is 0 Å². The summed E-state index contributed by atoms with van der Waals surface area (Å²) in [6.45, 7) is 5.30. The van der Waals surface area contributed by atoms with Crippen LogP contribution in [-0.4, -0.2) is 14.5 Å². The van der Waals surface area contributed by atoms with Crippen molar-refractivity contribution in [3.05, 3.63) is 45.5 Å². The van der Waals surface area contributed by atoms with Crippen molar-refractivity contribution in [1.29, 1.82) is 0 Å². The molecule has 0 bridgehead atoms. The van der Waals surface area contributed by atoms with Crippen LogP contribution in [0.3, 0.4) is 0 Å². The summed E-state index contributed by atoms with van der Waals surface area (Å²) < 4.78 is 2.82. The number of fused-ring (bicyclic) bond motifs is 1. The second-order valence-electron chi connectivity index (χ2n) is 5.25. The van der Waals surface area contributed by atoms with E-state index in [0.29, 0.717) is 0 Å². The van der Waals surface area contributed by atoms with E-state index in [4.69, 9.17) is 12.2 Å². The van der Waals surface area contributed by atoms with Gasteiger partial charge in [-0.15, -0.1) is 11.3 Å². The number of pyridine rings is 1. The second-order valence-corrected chi connectivity index (χ2v) is 6.59. The molecule has 0 aromatic carbocycles. The van der Waals surface area contributed by atoms with Crippen molar-refractivity contribution in [2.24, 2.45) is 0 Å². The molecule has 1 N–H and O–H groups in total. The Kier molecular flexibility index (Phi) is 3.03. The van der Waals surface area contributed by atoms with E-state index in [0.717, 1.165) is 22.5 Å². The summed E-state index contributed by atoms with van der Waals surface area (Å²) in [4.78, 5) is 9.01. The van der Waals surface area contributed by atoms with E-state index in [2.05, 4.69) is 45.9 Å². The molecule has 0 aliphatic heterocycles. The molecule has 0 unspecified atom stereocenters. The molecule has 3 aromatic rings. The van der Waals surface area contributed by atoms with Gasteiger partial charge in [-0.05, 0) is 35.8 Å². The van der Waals surface area contributed by atoms with Crippen LogP contribution in [-0.2, 0) is 12.0 Å². The van der Waals surface area contributed by atoms with Gasteiger partial charge in [0, 0.05) is 23.0 Å². The standard InChI is InChI=1S/C14H15N3S2/c1-14(2,11-6-4-8-19-11)9-17-12-10(16-13(17)18)5-3-7-15-12/h3-8H,9H2,1-2H3,(H,16,18). The van der Waals surface area contributed by atoms with Gasteiger partial charge < -0.3 is 9.55 Å². The summed E-state index contributed by atoms with van der Waals surface area (Å²) in [6.07, 6.45) is 1.81. The van der Waals surface area contributed by atoms with Crippen molar-refractivity contribution in [3.8, 4) is 0 Å². The highest BCUT2D eigenvalue weighted by molar-refractivity contribution is 7.71. The molecule has 0 aliphatic carbocycles. The number of hydrogen-bond donors (Lipinski definition) is 1. The van der Waals surface area contributed by atoms with Crippen LogP contribution in [0.25, 0.3) is 11.2 Å². The van der Waals surface area contributed by atoms with Gasteiger partial charge in [0.1, 0.15) is 0 Å². The number of nitrogens with zero attached hydrogens (tertiary/aromatic N) is 2. The molecule has 3 aromatic heterocycles. The van der Waals surface area contributed by atoms with Crippen molar-refractivity contribution in [3.63, 3.8) is 0 Å². The van der Waals surface area contributed by atoms with E-state index < -0.39 is 0 Å². The van der Waals surface area contributed by atoms with E-state index in [1.54, 1.807) is 17.5 Å². The molecule has 0 saturated carbocycles. The molecule has 3 heterocycles. The van der Waals surface area contributed by atoms with Gasteiger partial charge in [-0.3, -0.25) is 0 Å². The van der Waals surface area contributed by atoms with Crippen molar-refractivity contribution in [1.82, 2.24) is 14.5 Å². The van der Waals surface area contributed by atoms with Gasteiger partial charge in [0.05, 0.1) is 5.52 Å². The summed E-state index contributed by atoms with van der Waals surface area (Å²) in [6, 6.07) is 8.19. The first-order valence-corrected chi connectivity index (χ1v) is 7.44. The quantitative estimate of drug-likeness (QED) is 0.735. The molecular formula is C14H15N3S2. The first-order chi connectivity index (χ1) is 9.08. The van der Waals surface area contributed by atoms with Crippen LogP contribution in [0.15, 0.2) is 35.8 Å². The third kappa shape index (κ3) is 2.24. The highest BCUT2D eigenvalue weighted by Gasteiger charge is 2.23. The lowest BCUT2D eigenvalue weighted by Gasteiger charge is -2.23. The van der Waals surface area contributed by atoms with Gasteiger partial charge in [-0.2, -0.15) is 0 Å². The first-order valence-electron chi connectivity index (χ1n) is 6.15. The van der Waals surface area contributed by atoms with Crippen LogP contribution in [0, 0.1) is 4.77 Å². The maximum Gasteiger partial charge on any atom is 0.179 e. The number of aromatic amines is 1. The molecule has 0 saturated heterocycles. The average molecular weight is 289 g/mol. The first kappa shape index (κ1) is 12.6. The van der Waals surface area contributed by atoms with Crippen molar-refractivity contribution >= 4 is 34.7 Å².